The zero-order chi connectivity index (χ0) is 11.5. The standard InChI is InChI=1S/C12H18N4O/c1-4-13-12(14-5-1)16-6-2-10(3-7-16)15-11-8-17-9-11/h1,4-5,10-11,15H,2-3,6-9H2. The summed E-state index contributed by atoms with van der Waals surface area (Å²) in [5.74, 6) is 0.859. The van der Waals surface area contributed by atoms with Gasteiger partial charge < -0.3 is 15.0 Å². The normalized spacial score (nSPS) is 22.5. The number of hydrogen-bond donors (Lipinski definition) is 1. The summed E-state index contributed by atoms with van der Waals surface area (Å²) < 4.78 is 5.17. The summed E-state index contributed by atoms with van der Waals surface area (Å²) in [6.45, 7) is 3.83. The van der Waals surface area contributed by atoms with E-state index in [4.69, 9.17) is 4.74 Å². The SMILES string of the molecule is c1cnc(N2CCC(NC3COC3)CC2)nc1. The highest BCUT2D eigenvalue weighted by atomic mass is 16.5. The summed E-state index contributed by atoms with van der Waals surface area (Å²) in [7, 11) is 0. The van der Waals surface area contributed by atoms with Crippen molar-refractivity contribution in [3.8, 4) is 0 Å². The number of nitrogens with zero attached hydrogens (tertiary/aromatic N) is 3. The van der Waals surface area contributed by atoms with Gasteiger partial charge in [0.2, 0.25) is 5.95 Å². The molecule has 2 aliphatic heterocycles. The van der Waals surface area contributed by atoms with E-state index in [1.807, 2.05) is 6.07 Å². The second-order valence-electron chi connectivity index (χ2n) is 4.71. The molecule has 0 amide bonds. The lowest BCUT2D eigenvalue weighted by molar-refractivity contribution is -0.0112. The number of aromatic nitrogens is 2. The average Bonchev–Trinajstić information content (AvgIpc) is 2.36. The summed E-state index contributed by atoms with van der Waals surface area (Å²) in [6.07, 6.45) is 5.93. The van der Waals surface area contributed by atoms with Crippen molar-refractivity contribution in [2.24, 2.45) is 0 Å². The lowest BCUT2D eigenvalue weighted by Gasteiger charge is -2.36. The minimum absolute atomic E-state index is 0.583. The van der Waals surface area contributed by atoms with Gasteiger partial charge in [-0.15, -0.1) is 0 Å². The lowest BCUT2D eigenvalue weighted by Crippen LogP contribution is -2.53. The summed E-state index contributed by atoms with van der Waals surface area (Å²) in [5.41, 5.74) is 0. The Morgan fingerprint density at radius 1 is 1.12 bits per heavy atom. The Kier molecular flexibility index (Phi) is 3.20. The fraction of sp³-hybridized carbons (Fsp3) is 0.667. The molecule has 2 aliphatic rings. The highest BCUT2D eigenvalue weighted by Gasteiger charge is 2.25. The third-order valence-corrected chi connectivity index (χ3v) is 3.44. The molecule has 0 aromatic carbocycles. The molecule has 0 atom stereocenters. The molecule has 0 unspecified atom stereocenters. The maximum atomic E-state index is 5.17. The van der Waals surface area contributed by atoms with Gasteiger partial charge in [0.15, 0.2) is 0 Å². The van der Waals surface area contributed by atoms with Crippen molar-refractivity contribution in [2.45, 2.75) is 24.9 Å². The predicted molar refractivity (Wildman–Crippen MR) is 65.0 cm³/mol. The van der Waals surface area contributed by atoms with Crippen LogP contribution in [0.15, 0.2) is 18.5 Å². The van der Waals surface area contributed by atoms with Crippen LogP contribution in [-0.2, 0) is 4.74 Å². The summed E-state index contributed by atoms with van der Waals surface area (Å²) in [4.78, 5) is 10.8. The van der Waals surface area contributed by atoms with Gasteiger partial charge in [-0.3, -0.25) is 0 Å². The van der Waals surface area contributed by atoms with Crippen LogP contribution >= 0.6 is 0 Å². The van der Waals surface area contributed by atoms with Gasteiger partial charge in [0.25, 0.3) is 0 Å². The summed E-state index contributed by atoms with van der Waals surface area (Å²) in [5, 5.41) is 3.63. The van der Waals surface area contributed by atoms with Gasteiger partial charge in [-0.2, -0.15) is 0 Å². The molecule has 2 fully saturated rings. The quantitative estimate of drug-likeness (QED) is 0.822. The number of nitrogens with one attached hydrogen (secondary N) is 1. The minimum atomic E-state index is 0.583. The second kappa shape index (κ2) is 4.98. The Morgan fingerprint density at radius 3 is 2.41 bits per heavy atom. The van der Waals surface area contributed by atoms with Gasteiger partial charge in [-0.1, -0.05) is 0 Å². The molecule has 17 heavy (non-hydrogen) atoms. The minimum Gasteiger partial charge on any atom is -0.378 e. The van der Waals surface area contributed by atoms with E-state index >= 15 is 0 Å². The highest BCUT2D eigenvalue weighted by molar-refractivity contribution is 5.29. The van der Waals surface area contributed by atoms with E-state index in [0.29, 0.717) is 12.1 Å². The van der Waals surface area contributed by atoms with Crippen LogP contribution in [-0.4, -0.2) is 48.4 Å². The monoisotopic (exact) mass is 234 g/mol. The number of rotatable bonds is 3. The molecule has 0 spiro atoms. The fourth-order valence-electron chi connectivity index (χ4n) is 2.37. The first-order chi connectivity index (χ1) is 8.42. The molecule has 5 nitrogen and oxygen atoms in total. The van der Waals surface area contributed by atoms with Crippen molar-refractivity contribution >= 4 is 5.95 Å². The molecule has 2 saturated heterocycles. The van der Waals surface area contributed by atoms with Crippen molar-refractivity contribution < 1.29 is 4.74 Å². The molecular weight excluding hydrogens is 216 g/mol. The molecular formula is C12H18N4O. The van der Waals surface area contributed by atoms with Gasteiger partial charge in [-0.25, -0.2) is 9.97 Å². The van der Waals surface area contributed by atoms with Crippen LogP contribution < -0.4 is 10.2 Å². The number of piperidine rings is 1. The van der Waals surface area contributed by atoms with E-state index in [1.165, 1.54) is 0 Å². The van der Waals surface area contributed by atoms with Crippen LogP contribution in [0.3, 0.4) is 0 Å². The first kappa shape index (κ1) is 10.9. The van der Waals surface area contributed by atoms with Gasteiger partial charge in [0.1, 0.15) is 0 Å². The molecule has 3 rings (SSSR count). The van der Waals surface area contributed by atoms with E-state index in [9.17, 15) is 0 Å². The van der Waals surface area contributed by atoms with Crippen molar-refractivity contribution in [1.82, 2.24) is 15.3 Å². The number of hydrogen-bond acceptors (Lipinski definition) is 5. The Balaban J connectivity index is 1.50. The Hall–Kier alpha value is -1.20. The molecule has 0 bridgehead atoms. The molecule has 0 saturated carbocycles. The molecule has 0 radical (unpaired) electrons. The van der Waals surface area contributed by atoms with Crippen molar-refractivity contribution in [3.05, 3.63) is 18.5 Å². The van der Waals surface area contributed by atoms with Crippen molar-refractivity contribution in [1.29, 1.82) is 0 Å². The molecule has 1 aromatic rings. The largest absolute Gasteiger partial charge is 0.378 e. The van der Waals surface area contributed by atoms with E-state index in [0.717, 1.165) is 45.1 Å². The van der Waals surface area contributed by atoms with E-state index in [2.05, 4.69) is 20.2 Å². The van der Waals surface area contributed by atoms with Crippen LogP contribution in [0.5, 0.6) is 0 Å². The van der Waals surface area contributed by atoms with Crippen LogP contribution in [0.25, 0.3) is 0 Å². The number of ether oxygens (including phenoxy) is 1. The van der Waals surface area contributed by atoms with E-state index in [-0.39, 0.29) is 0 Å². The molecule has 5 heteroatoms. The third kappa shape index (κ3) is 2.56. The lowest BCUT2D eigenvalue weighted by atomic mass is 10.0. The smallest absolute Gasteiger partial charge is 0.225 e. The number of anilines is 1. The zero-order valence-electron chi connectivity index (χ0n) is 9.88. The molecule has 92 valence electrons. The van der Waals surface area contributed by atoms with Gasteiger partial charge >= 0.3 is 0 Å². The molecule has 1 N–H and O–H groups in total. The zero-order valence-corrected chi connectivity index (χ0v) is 9.88. The van der Waals surface area contributed by atoms with Crippen LogP contribution in [0.4, 0.5) is 5.95 Å². The van der Waals surface area contributed by atoms with E-state index in [1.54, 1.807) is 12.4 Å². The molecule has 1 aromatic heterocycles. The molecule has 3 heterocycles. The van der Waals surface area contributed by atoms with Gasteiger partial charge in [-0.05, 0) is 18.9 Å². The fourth-order valence-corrected chi connectivity index (χ4v) is 2.37. The Morgan fingerprint density at radius 2 is 1.82 bits per heavy atom. The highest BCUT2D eigenvalue weighted by Crippen LogP contribution is 2.16. The van der Waals surface area contributed by atoms with Crippen LogP contribution in [0.1, 0.15) is 12.8 Å². The first-order valence-electron chi connectivity index (χ1n) is 6.27. The predicted octanol–water partition coefficient (Wildman–Crippen LogP) is 0.434. The third-order valence-electron chi connectivity index (χ3n) is 3.44. The Bertz CT molecular complexity index is 347. The summed E-state index contributed by atoms with van der Waals surface area (Å²) >= 11 is 0. The maximum absolute atomic E-state index is 5.17. The topological polar surface area (TPSA) is 50.3 Å². The first-order valence-corrected chi connectivity index (χ1v) is 6.27. The van der Waals surface area contributed by atoms with Crippen LogP contribution in [0.2, 0.25) is 0 Å². The van der Waals surface area contributed by atoms with Crippen molar-refractivity contribution in [2.75, 3.05) is 31.2 Å². The van der Waals surface area contributed by atoms with Gasteiger partial charge in [0.05, 0.1) is 19.3 Å². The van der Waals surface area contributed by atoms with Gasteiger partial charge in [0, 0.05) is 31.5 Å². The summed E-state index contributed by atoms with van der Waals surface area (Å²) in [6, 6.07) is 3.07. The average molecular weight is 234 g/mol. The van der Waals surface area contributed by atoms with E-state index < -0.39 is 0 Å². The van der Waals surface area contributed by atoms with Crippen molar-refractivity contribution in [3.63, 3.8) is 0 Å². The van der Waals surface area contributed by atoms with Crippen LogP contribution in [0, 0.1) is 0 Å². The second-order valence-corrected chi connectivity index (χ2v) is 4.71. The Labute approximate surface area is 101 Å². The molecule has 0 aliphatic carbocycles. The maximum Gasteiger partial charge on any atom is 0.225 e.